The monoisotopic (exact) mass is 370 g/mol. The number of nitrogens with zero attached hydrogens (tertiary/aromatic N) is 2. The Kier molecular flexibility index (Phi) is 5.45. The molecular weight excluding hydrogens is 348 g/mol. The molecule has 0 unspecified atom stereocenters. The first-order valence-corrected chi connectivity index (χ1v) is 9.37. The fraction of sp³-hybridized carbons (Fsp3) is 0.130. The molecule has 0 amide bonds. The predicted molar refractivity (Wildman–Crippen MR) is 114 cm³/mol. The SMILES string of the molecule is OCCCc1ccc(Nc2nc(Nc3ccccc3)c3ccccc3n2)cc1. The summed E-state index contributed by atoms with van der Waals surface area (Å²) in [5.41, 5.74) is 3.97. The summed E-state index contributed by atoms with van der Waals surface area (Å²) in [5.74, 6) is 1.30. The highest BCUT2D eigenvalue weighted by Crippen LogP contribution is 2.26. The molecule has 0 bridgehead atoms. The summed E-state index contributed by atoms with van der Waals surface area (Å²) in [6, 6.07) is 26.1. The minimum atomic E-state index is 0.210. The van der Waals surface area contributed by atoms with Crippen molar-refractivity contribution in [2.75, 3.05) is 17.2 Å². The largest absolute Gasteiger partial charge is 0.396 e. The summed E-state index contributed by atoms with van der Waals surface area (Å²) in [6.07, 6.45) is 1.64. The third kappa shape index (κ3) is 4.27. The van der Waals surface area contributed by atoms with Gasteiger partial charge in [-0.2, -0.15) is 4.98 Å². The molecule has 3 aromatic carbocycles. The molecule has 0 radical (unpaired) electrons. The Morgan fingerprint density at radius 2 is 1.43 bits per heavy atom. The van der Waals surface area contributed by atoms with Crippen LogP contribution in [0.4, 0.5) is 23.1 Å². The smallest absolute Gasteiger partial charge is 0.229 e. The van der Waals surface area contributed by atoms with Gasteiger partial charge in [0.25, 0.3) is 0 Å². The maximum atomic E-state index is 8.96. The highest BCUT2D eigenvalue weighted by atomic mass is 16.2. The lowest BCUT2D eigenvalue weighted by Crippen LogP contribution is -2.02. The Balaban J connectivity index is 1.62. The summed E-state index contributed by atoms with van der Waals surface area (Å²) in [6.45, 7) is 0.210. The minimum absolute atomic E-state index is 0.210. The third-order valence-corrected chi connectivity index (χ3v) is 4.47. The summed E-state index contributed by atoms with van der Waals surface area (Å²) >= 11 is 0. The highest BCUT2D eigenvalue weighted by Gasteiger charge is 2.08. The lowest BCUT2D eigenvalue weighted by atomic mass is 10.1. The molecule has 0 atom stereocenters. The first-order valence-electron chi connectivity index (χ1n) is 9.37. The molecule has 0 saturated carbocycles. The second-order valence-electron chi connectivity index (χ2n) is 6.55. The number of fused-ring (bicyclic) bond motifs is 1. The van der Waals surface area contributed by atoms with Crippen molar-refractivity contribution in [3.8, 4) is 0 Å². The number of rotatable bonds is 7. The Morgan fingerprint density at radius 1 is 0.714 bits per heavy atom. The zero-order valence-electron chi connectivity index (χ0n) is 15.5. The van der Waals surface area contributed by atoms with Gasteiger partial charge in [-0.15, -0.1) is 0 Å². The summed E-state index contributed by atoms with van der Waals surface area (Å²) < 4.78 is 0. The van der Waals surface area contributed by atoms with Crippen LogP contribution < -0.4 is 10.6 Å². The van der Waals surface area contributed by atoms with Crippen LogP contribution in [0.2, 0.25) is 0 Å². The second-order valence-corrected chi connectivity index (χ2v) is 6.55. The summed E-state index contributed by atoms with van der Waals surface area (Å²) in [5, 5.41) is 16.6. The van der Waals surface area contributed by atoms with Crippen molar-refractivity contribution in [2.45, 2.75) is 12.8 Å². The standard InChI is InChI=1S/C23H22N4O/c28-16-6-7-17-12-14-19(15-13-17)25-23-26-21-11-5-4-10-20(21)22(27-23)24-18-8-2-1-3-9-18/h1-5,8-15,28H,6-7,16H2,(H2,24,25,26,27). The van der Waals surface area contributed by atoms with E-state index in [2.05, 4.69) is 27.8 Å². The van der Waals surface area contributed by atoms with Crippen molar-refractivity contribution in [3.05, 3.63) is 84.4 Å². The van der Waals surface area contributed by atoms with E-state index in [0.29, 0.717) is 5.95 Å². The minimum Gasteiger partial charge on any atom is -0.396 e. The maximum Gasteiger partial charge on any atom is 0.229 e. The van der Waals surface area contributed by atoms with Gasteiger partial charge < -0.3 is 15.7 Å². The Bertz CT molecular complexity index is 1050. The van der Waals surface area contributed by atoms with Gasteiger partial charge in [-0.05, 0) is 54.8 Å². The van der Waals surface area contributed by atoms with E-state index in [0.717, 1.165) is 40.9 Å². The first-order chi connectivity index (χ1) is 13.8. The molecule has 0 saturated heterocycles. The number of anilines is 4. The summed E-state index contributed by atoms with van der Waals surface area (Å²) in [7, 11) is 0. The van der Waals surface area contributed by atoms with E-state index in [-0.39, 0.29) is 6.61 Å². The molecule has 4 aromatic rings. The number of aromatic nitrogens is 2. The number of benzene rings is 3. The van der Waals surface area contributed by atoms with E-state index < -0.39 is 0 Å². The number of aliphatic hydroxyl groups excluding tert-OH is 1. The van der Waals surface area contributed by atoms with Crippen LogP contribution in [0.25, 0.3) is 10.9 Å². The fourth-order valence-electron chi connectivity index (χ4n) is 3.05. The van der Waals surface area contributed by atoms with Crippen LogP contribution in [-0.2, 0) is 6.42 Å². The van der Waals surface area contributed by atoms with Crippen LogP contribution in [-0.4, -0.2) is 21.7 Å². The zero-order valence-corrected chi connectivity index (χ0v) is 15.5. The molecule has 0 spiro atoms. The molecular formula is C23H22N4O. The molecule has 5 nitrogen and oxygen atoms in total. The second kappa shape index (κ2) is 8.50. The molecule has 5 heteroatoms. The van der Waals surface area contributed by atoms with E-state index in [4.69, 9.17) is 10.1 Å². The lowest BCUT2D eigenvalue weighted by molar-refractivity contribution is 0.288. The van der Waals surface area contributed by atoms with Gasteiger partial charge in [-0.1, -0.05) is 42.5 Å². The van der Waals surface area contributed by atoms with E-state index in [1.54, 1.807) is 0 Å². The van der Waals surface area contributed by atoms with Gasteiger partial charge in [-0.25, -0.2) is 4.98 Å². The Labute approximate surface area is 164 Å². The number of aryl methyl sites for hydroxylation is 1. The molecule has 28 heavy (non-hydrogen) atoms. The van der Waals surface area contributed by atoms with Gasteiger partial charge in [0.2, 0.25) is 5.95 Å². The van der Waals surface area contributed by atoms with E-state index >= 15 is 0 Å². The van der Waals surface area contributed by atoms with Gasteiger partial charge in [0.15, 0.2) is 0 Å². The molecule has 0 aliphatic heterocycles. The normalized spacial score (nSPS) is 10.8. The van der Waals surface area contributed by atoms with E-state index in [9.17, 15) is 0 Å². The average molecular weight is 370 g/mol. The van der Waals surface area contributed by atoms with Gasteiger partial charge in [-0.3, -0.25) is 0 Å². The van der Waals surface area contributed by atoms with Crippen LogP contribution in [0.5, 0.6) is 0 Å². The van der Waals surface area contributed by atoms with Crippen molar-refractivity contribution in [1.29, 1.82) is 0 Å². The van der Waals surface area contributed by atoms with Gasteiger partial charge in [0.1, 0.15) is 5.82 Å². The Morgan fingerprint density at radius 3 is 2.21 bits per heavy atom. The molecule has 0 aliphatic carbocycles. The van der Waals surface area contributed by atoms with Crippen LogP contribution in [0.3, 0.4) is 0 Å². The van der Waals surface area contributed by atoms with E-state index in [1.165, 1.54) is 5.56 Å². The lowest BCUT2D eigenvalue weighted by Gasteiger charge is -2.12. The van der Waals surface area contributed by atoms with Crippen molar-refractivity contribution >= 4 is 34.0 Å². The van der Waals surface area contributed by atoms with Crippen LogP contribution in [0.15, 0.2) is 78.9 Å². The van der Waals surface area contributed by atoms with Crippen LogP contribution >= 0.6 is 0 Å². The number of hydrogen-bond donors (Lipinski definition) is 3. The average Bonchev–Trinajstić information content (AvgIpc) is 2.74. The molecule has 0 fully saturated rings. The molecule has 1 heterocycles. The predicted octanol–water partition coefficient (Wildman–Crippen LogP) is 5.04. The Hall–Kier alpha value is -3.44. The molecule has 3 N–H and O–H groups in total. The number of aliphatic hydroxyl groups is 1. The van der Waals surface area contributed by atoms with Crippen LogP contribution in [0.1, 0.15) is 12.0 Å². The topological polar surface area (TPSA) is 70.1 Å². The van der Waals surface area contributed by atoms with Crippen LogP contribution in [0, 0.1) is 0 Å². The van der Waals surface area contributed by atoms with Crippen molar-refractivity contribution < 1.29 is 5.11 Å². The molecule has 140 valence electrons. The molecule has 0 aliphatic rings. The number of hydrogen-bond acceptors (Lipinski definition) is 5. The molecule has 1 aromatic heterocycles. The van der Waals surface area contributed by atoms with Gasteiger partial charge in [0.05, 0.1) is 5.52 Å². The zero-order chi connectivity index (χ0) is 19.2. The number of nitrogens with one attached hydrogen (secondary N) is 2. The third-order valence-electron chi connectivity index (χ3n) is 4.47. The molecule has 4 rings (SSSR count). The maximum absolute atomic E-state index is 8.96. The number of para-hydroxylation sites is 2. The quantitative estimate of drug-likeness (QED) is 0.425. The van der Waals surface area contributed by atoms with Crippen molar-refractivity contribution in [1.82, 2.24) is 9.97 Å². The fourth-order valence-corrected chi connectivity index (χ4v) is 3.05. The van der Waals surface area contributed by atoms with Crippen molar-refractivity contribution in [3.63, 3.8) is 0 Å². The van der Waals surface area contributed by atoms with Gasteiger partial charge >= 0.3 is 0 Å². The van der Waals surface area contributed by atoms with Gasteiger partial charge in [0, 0.05) is 23.4 Å². The van der Waals surface area contributed by atoms with E-state index in [1.807, 2.05) is 66.7 Å². The highest BCUT2D eigenvalue weighted by molar-refractivity contribution is 5.91. The van der Waals surface area contributed by atoms with Crippen molar-refractivity contribution in [2.24, 2.45) is 0 Å². The summed E-state index contributed by atoms with van der Waals surface area (Å²) in [4.78, 5) is 9.35. The first kappa shape index (κ1) is 17.9.